The molecular weight excluding hydrogens is 266 g/mol. The minimum Gasteiger partial charge on any atom is -0.326 e. The molecule has 0 fully saturated rings. The van der Waals surface area contributed by atoms with Crippen molar-refractivity contribution in [2.24, 2.45) is 5.73 Å². The normalized spacial score (nSPS) is 12.3. The van der Waals surface area contributed by atoms with Gasteiger partial charge in [-0.3, -0.25) is 4.21 Å². The third-order valence-electron chi connectivity index (χ3n) is 3.20. The van der Waals surface area contributed by atoms with Gasteiger partial charge in [-0.1, -0.05) is 53.6 Å². The summed E-state index contributed by atoms with van der Waals surface area (Å²) >= 11 is 0. The third-order valence-corrected chi connectivity index (χ3v) is 4.51. The van der Waals surface area contributed by atoms with Crippen LogP contribution in [-0.2, 0) is 28.9 Å². The fourth-order valence-electron chi connectivity index (χ4n) is 2.35. The molecule has 2 aromatic carbocycles. The van der Waals surface area contributed by atoms with Crippen LogP contribution >= 0.6 is 0 Å². The zero-order valence-corrected chi connectivity index (χ0v) is 12.9. The van der Waals surface area contributed by atoms with E-state index in [1.165, 1.54) is 11.1 Å². The average molecular weight is 287 g/mol. The van der Waals surface area contributed by atoms with Crippen LogP contribution in [0.25, 0.3) is 0 Å². The summed E-state index contributed by atoms with van der Waals surface area (Å²) in [6, 6.07) is 14.4. The first-order valence-electron chi connectivity index (χ1n) is 6.77. The van der Waals surface area contributed by atoms with Crippen LogP contribution in [0.3, 0.4) is 0 Å². The molecule has 2 N–H and O–H groups in total. The molecule has 0 spiro atoms. The van der Waals surface area contributed by atoms with Gasteiger partial charge in [0.15, 0.2) is 0 Å². The van der Waals surface area contributed by atoms with Crippen molar-refractivity contribution in [3.05, 3.63) is 70.3 Å². The molecule has 2 aromatic rings. The summed E-state index contributed by atoms with van der Waals surface area (Å²) in [4.78, 5) is 0. The van der Waals surface area contributed by atoms with Crippen LogP contribution in [0.1, 0.15) is 27.8 Å². The van der Waals surface area contributed by atoms with Crippen LogP contribution in [0.15, 0.2) is 42.5 Å². The summed E-state index contributed by atoms with van der Waals surface area (Å²) < 4.78 is 12.2. The van der Waals surface area contributed by atoms with Crippen molar-refractivity contribution < 1.29 is 4.21 Å². The Kier molecular flexibility index (Phi) is 5.10. The van der Waals surface area contributed by atoms with E-state index < -0.39 is 10.8 Å². The van der Waals surface area contributed by atoms with Crippen molar-refractivity contribution in [2.45, 2.75) is 31.9 Å². The third kappa shape index (κ3) is 4.29. The largest absolute Gasteiger partial charge is 0.326 e. The lowest BCUT2D eigenvalue weighted by Gasteiger charge is -2.06. The van der Waals surface area contributed by atoms with E-state index in [1.807, 2.05) is 24.3 Å². The molecule has 0 saturated heterocycles. The van der Waals surface area contributed by atoms with Gasteiger partial charge in [0, 0.05) is 28.9 Å². The maximum absolute atomic E-state index is 12.2. The molecule has 0 radical (unpaired) electrons. The zero-order chi connectivity index (χ0) is 14.5. The Hall–Kier alpha value is -1.45. The number of aryl methyl sites for hydroxylation is 2. The maximum atomic E-state index is 12.2. The first kappa shape index (κ1) is 14.9. The molecular formula is C17H21NOS. The highest BCUT2D eigenvalue weighted by Crippen LogP contribution is 2.13. The molecule has 2 rings (SSSR count). The Labute approximate surface area is 123 Å². The molecule has 0 saturated carbocycles. The molecule has 20 heavy (non-hydrogen) atoms. The van der Waals surface area contributed by atoms with E-state index in [1.54, 1.807) is 0 Å². The summed E-state index contributed by atoms with van der Waals surface area (Å²) in [7, 11) is -0.878. The standard InChI is InChI=1S/C17H21NOS/c1-13-7-14(2)9-17(8-13)12-20(19)11-16-5-3-15(10-18)4-6-16/h3-9H,10-12,18H2,1-2H3. The summed E-state index contributed by atoms with van der Waals surface area (Å²) in [5.41, 5.74) is 11.4. The van der Waals surface area contributed by atoms with E-state index >= 15 is 0 Å². The number of hydrogen-bond acceptors (Lipinski definition) is 2. The monoisotopic (exact) mass is 287 g/mol. The maximum Gasteiger partial charge on any atom is 0.0489 e. The fraction of sp³-hybridized carbons (Fsp3) is 0.294. The van der Waals surface area contributed by atoms with Gasteiger partial charge in [-0.2, -0.15) is 0 Å². The quantitative estimate of drug-likeness (QED) is 0.917. The number of nitrogens with two attached hydrogens (primary N) is 1. The van der Waals surface area contributed by atoms with Crippen molar-refractivity contribution >= 4 is 10.8 Å². The lowest BCUT2D eigenvalue weighted by molar-refractivity contribution is 0.682. The van der Waals surface area contributed by atoms with Crippen molar-refractivity contribution in [1.29, 1.82) is 0 Å². The molecule has 106 valence electrons. The van der Waals surface area contributed by atoms with Crippen LogP contribution in [-0.4, -0.2) is 4.21 Å². The minimum absolute atomic E-state index is 0.548. The van der Waals surface area contributed by atoms with E-state index in [-0.39, 0.29) is 0 Å². The molecule has 1 atom stereocenters. The molecule has 0 heterocycles. The van der Waals surface area contributed by atoms with Gasteiger partial charge in [0.2, 0.25) is 0 Å². The Balaban J connectivity index is 2.01. The average Bonchev–Trinajstić information content (AvgIpc) is 2.38. The fourth-order valence-corrected chi connectivity index (χ4v) is 3.55. The predicted octanol–water partition coefficient (Wildman–Crippen LogP) is 3.21. The SMILES string of the molecule is Cc1cc(C)cc(CS(=O)Cc2ccc(CN)cc2)c1. The van der Waals surface area contributed by atoms with E-state index in [0.717, 1.165) is 16.7 Å². The molecule has 0 aliphatic rings. The Morgan fingerprint density at radius 3 is 1.90 bits per heavy atom. The van der Waals surface area contributed by atoms with Gasteiger partial charge in [0.1, 0.15) is 0 Å². The second-order valence-corrected chi connectivity index (χ2v) is 6.70. The van der Waals surface area contributed by atoms with Gasteiger partial charge in [-0.25, -0.2) is 0 Å². The van der Waals surface area contributed by atoms with Gasteiger partial charge >= 0.3 is 0 Å². The van der Waals surface area contributed by atoms with Gasteiger partial charge in [0.25, 0.3) is 0 Å². The Morgan fingerprint density at radius 2 is 1.35 bits per heavy atom. The second kappa shape index (κ2) is 6.82. The van der Waals surface area contributed by atoms with E-state index in [4.69, 9.17) is 5.73 Å². The molecule has 0 aromatic heterocycles. The van der Waals surface area contributed by atoms with Crippen molar-refractivity contribution in [3.63, 3.8) is 0 Å². The molecule has 0 aliphatic heterocycles. The molecule has 3 heteroatoms. The molecule has 0 amide bonds. The van der Waals surface area contributed by atoms with E-state index in [9.17, 15) is 4.21 Å². The van der Waals surface area contributed by atoms with Gasteiger partial charge < -0.3 is 5.73 Å². The lowest BCUT2D eigenvalue weighted by atomic mass is 10.1. The van der Waals surface area contributed by atoms with Gasteiger partial charge in [-0.15, -0.1) is 0 Å². The smallest absolute Gasteiger partial charge is 0.0489 e. The van der Waals surface area contributed by atoms with Crippen molar-refractivity contribution in [1.82, 2.24) is 0 Å². The molecule has 1 unspecified atom stereocenters. The Morgan fingerprint density at radius 1 is 0.850 bits per heavy atom. The van der Waals surface area contributed by atoms with Gasteiger partial charge in [0.05, 0.1) is 0 Å². The molecule has 0 bridgehead atoms. The molecule has 0 aliphatic carbocycles. The lowest BCUT2D eigenvalue weighted by Crippen LogP contribution is -2.01. The highest BCUT2D eigenvalue weighted by molar-refractivity contribution is 7.83. The summed E-state index contributed by atoms with van der Waals surface area (Å²) in [5, 5.41) is 0. The van der Waals surface area contributed by atoms with Crippen molar-refractivity contribution in [2.75, 3.05) is 0 Å². The van der Waals surface area contributed by atoms with Crippen LogP contribution in [0, 0.1) is 13.8 Å². The topological polar surface area (TPSA) is 43.1 Å². The number of benzene rings is 2. The van der Waals surface area contributed by atoms with Crippen LogP contribution < -0.4 is 5.73 Å². The minimum atomic E-state index is -0.878. The summed E-state index contributed by atoms with van der Waals surface area (Å²) in [6.07, 6.45) is 0. The molecule has 2 nitrogen and oxygen atoms in total. The first-order valence-corrected chi connectivity index (χ1v) is 8.25. The van der Waals surface area contributed by atoms with Crippen molar-refractivity contribution in [3.8, 4) is 0 Å². The number of rotatable bonds is 5. The number of hydrogen-bond donors (Lipinski definition) is 1. The highest BCUT2D eigenvalue weighted by Gasteiger charge is 2.05. The van der Waals surface area contributed by atoms with E-state index in [0.29, 0.717) is 18.1 Å². The first-order chi connectivity index (χ1) is 9.56. The van der Waals surface area contributed by atoms with Crippen LogP contribution in [0.2, 0.25) is 0 Å². The van der Waals surface area contributed by atoms with Gasteiger partial charge in [-0.05, 0) is 30.5 Å². The second-order valence-electron chi connectivity index (χ2n) is 5.25. The highest BCUT2D eigenvalue weighted by atomic mass is 32.2. The van der Waals surface area contributed by atoms with Crippen LogP contribution in [0.5, 0.6) is 0 Å². The van der Waals surface area contributed by atoms with E-state index in [2.05, 4.69) is 32.0 Å². The summed E-state index contributed by atoms with van der Waals surface area (Å²) in [6.45, 7) is 4.70. The van der Waals surface area contributed by atoms with Crippen LogP contribution in [0.4, 0.5) is 0 Å². The summed E-state index contributed by atoms with van der Waals surface area (Å²) in [5.74, 6) is 1.21. The predicted molar refractivity (Wildman–Crippen MR) is 85.8 cm³/mol. The Bertz CT molecular complexity index is 585. The zero-order valence-electron chi connectivity index (χ0n) is 12.1.